The first-order valence-electron chi connectivity index (χ1n) is 17.2. The summed E-state index contributed by atoms with van der Waals surface area (Å²) in [4.78, 5) is 15.1. The van der Waals surface area contributed by atoms with Crippen molar-refractivity contribution in [3.8, 4) is 11.4 Å². The molecule has 0 radical (unpaired) electrons. The van der Waals surface area contributed by atoms with Gasteiger partial charge in [-0.25, -0.2) is 9.97 Å². The third-order valence-electron chi connectivity index (χ3n) is 10.9. The molecule has 3 heteroatoms. The van der Waals surface area contributed by atoms with Crippen molar-refractivity contribution in [1.29, 1.82) is 0 Å². The predicted molar refractivity (Wildman–Crippen MR) is 202 cm³/mol. The van der Waals surface area contributed by atoms with Crippen LogP contribution in [0.5, 0.6) is 0 Å². The second kappa shape index (κ2) is 11.1. The van der Waals surface area contributed by atoms with Gasteiger partial charge >= 0.3 is 0 Å². The summed E-state index contributed by atoms with van der Waals surface area (Å²) in [6, 6.07) is 41.5. The van der Waals surface area contributed by atoms with Crippen LogP contribution in [0.1, 0.15) is 41.3 Å². The van der Waals surface area contributed by atoms with Gasteiger partial charge in [-0.3, -0.25) is 4.98 Å². The molecule has 3 unspecified atom stereocenters. The van der Waals surface area contributed by atoms with Crippen molar-refractivity contribution in [3.05, 3.63) is 187 Å². The molecule has 10 rings (SSSR count). The fraction of sp³-hybridized carbons (Fsp3) is 0.109. The van der Waals surface area contributed by atoms with E-state index in [0.29, 0.717) is 11.8 Å². The van der Waals surface area contributed by atoms with Crippen LogP contribution in [0, 0.1) is 5.92 Å². The molecular formula is C46H33N3. The smallest absolute Gasteiger partial charge is 0.160 e. The highest BCUT2D eigenvalue weighted by Crippen LogP contribution is 2.62. The van der Waals surface area contributed by atoms with Crippen LogP contribution in [0.3, 0.4) is 0 Å². The number of benzene rings is 5. The quantitative estimate of drug-likeness (QED) is 0.178. The van der Waals surface area contributed by atoms with Gasteiger partial charge < -0.3 is 0 Å². The minimum Gasteiger partial charge on any atom is -0.264 e. The standard InChI is InChI=1S/C46H33N3/c1-2-10-30(11-3-1)31-18-20-32(21-19-31)43-27-44(40-17-8-24-46(28-42(40)46)34-12-9-25-47-29-34)49-45(48-43)33-22-23-39-37-15-5-4-13-35(37)36-14-6-7-16-38(36)41(39)26-33/h1-18,20-27,29,31,42H,19,28H2. The predicted octanol–water partition coefficient (Wildman–Crippen LogP) is 11.0. The summed E-state index contributed by atoms with van der Waals surface area (Å²) in [6.07, 6.45) is 19.6. The number of nitrogens with zero attached hydrogens (tertiary/aromatic N) is 3. The lowest BCUT2D eigenvalue weighted by atomic mass is 9.86. The zero-order valence-electron chi connectivity index (χ0n) is 27.0. The van der Waals surface area contributed by atoms with Crippen molar-refractivity contribution in [3.63, 3.8) is 0 Å². The van der Waals surface area contributed by atoms with Crippen LogP contribution in [0.4, 0.5) is 0 Å². The summed E-state index contributed by atoms with van der Waals surface area (Å²) in [5, 5.41) is 7.54. The maximum atomic E-state index is 5.36. The lowest BCUT2D eigenvalue weighted by Gasteiger charge is -2.20. The van der Waals surface area contributed by atoms with Crippen molar-refractivity contribution in [2.45, 2.75) is 24.2 Å². The van der Waals surface area contributed by atoms with Crippen LogP contribution in [0.15, 0.2) is 164 Å². The monoisotopic (exact) mass is 627 g/mol. The van der Waals surface area contributed by atoms with E-state index in [1.165, 1.54) is 49.0 Å². The van der Waals surface area contributed by atoms with Gasteiger partial charge in [-0.2, -0.15) is 0 Å². The Morgan fingerprint density at radius 1 is 0.653 bits per heavy atom. The molecule has 232 valence electrons. The molecule has 2 heterocycles. The molecule has 1 fully saturated rings. The van der Waals surface area contributed by atoms with E-state index < -0.39 is 0 Å². The van der Waals surface area contributed by atoms with Gasteiger partial charge in [-0.15, -0.1) is 0 Å². The Bertz CT molecular complexity index is 2520. The molecule has 2 aromatic heterocycles. The van der Waals surface area contributed by atoms with E-state index in [4.69, 9.17) is 9.97 Å². The summed E-state index contributed by atoms with van der Waals surface area (Å²) >= 11 is 0. The van der Waals surface area contributed by atoms with Crippen LogP contribution in [0.25, 0.3) is 54.9 Å². The highest BCUT2D eigenvalue weighted by Gasteiger charge is 2.56. The van der Waals surface area contributed by atoms with Gasteiger partial charge in [-0.1, -0.05) is 134 Å². The van der Waals surface area contributed by atoms with E-state index >= 15 is 0 Å². The Hall–Kier alpha value is -5.93. The van der Waals surface area contributed by atoms with Crippen LogP contribution in [-0.2, 0) is 5.41 Å². The van der Waals surface area contributed by atoms with Crippen LogP contribution in [0.2, 0.25) is 0 Å². The van der Waals surface area contributed by atoms with E-state index in [0.717, 1.165) is 41.2 Å². The van der Waals surface area contributed by atoms with E-state index in [1.807, 2.05) is 18.5 Å². The third-order valence-corrected chi connectivity index (χ3v) is 10.9. The summed E-state index contributed by atoms with van der Waals surface area (Å²) in [7, 11) is 0. The van der Waals surface area contributed by atoms with Gasteiger partial charge in [0.25, 0.3) is 0 Å². The average Bonchev–Trinajstić information content (AvgIpc) is 3.95. The zero-order valence-corrected chi connectivity index (χ0v) is 27.0. The summed E-state index contributed by atoms with van der Waals surface area (Å²) < 4.78 is 0. The van der Waals surface area contributed by atoms with Crippen molar-refractivity contribution in [2.24, 2.45) is 5.92 Å². The van der Waals surface area contributed by atoms with Gasteiger partial charge in [0.1, 0.15) is 0 Å². The first kappa shape index (κ1) is 28.1. The minimum atomic E-state index is -0.0144. The van der Waals surface area contributed by atoms with Gasteiger partial charge in [0.05, 0.1) is 11.4 Å². The minimum absolute atomic E-state index is 0.0144. The molecule has 0 saturated heterocycles. The van der Waals surface area contributed by atoms with Crippen molar-refractivity contribution < 1.29 is 0 Å². The van der Waals surface area contributed by atoms with Gasteiger partial charge in [0, 0.05) is 35.2 Å². The summed E-state index contributed by atoms with van der Waals surface area (Å²) in [6.45, 7) is 0. The molecule has 0 bridgehead atoms. The number of allylic oxidation sites excluding steroid dienone is 8. The highest BCUT2D eigenvalue weighted by atomic mass is 14.9. The number of hydrogen-bond acceptors (Lipinski definition) is 3. The Labute approximate surface area is 285 Å². The largest absolute Gasteiger partial charge is 0.264 e. The molecule has 0 N–H and O–H groups in total. The molecule has 0 amide bonds. The Kier molecular flexibility index (Phi) is 6.35. The van der Waals surface area contributed by atoms with Crippen LogP contribution in [-0.4, -0.2) is 15.0 Å². The van der Waals surface area contributed by atoms with E-state index in [-0.39, 0.29) is 5.41 Å². The first-order valence-corrected chi connectivity index (χ1v) is 17.2. The summed E-state index contributed by atoms with van der Waals surface area (Å²) in [5.41, 5.74) is 8.02. The van der Waals surface area contributed by atoms with Crippen molar-refractivity contribution in [2.75, 3.05) is 0 Å². The molecule has 0 spiro atoms. The van der Waals surface area contributed by atoms with Gasteiger partial charge in [0.2, 0.25) is 0 Å². The Balaban J connectivity index is 1.12. The third kappa shape index (κ3) is 4.61. The zero-order chi connectivity index (χ0) is 32.4. The SMILES string of the molecule is C1=CC2(c3cccnc3)CC2C(c2cc(C3=CCC(c4ccccc4)C=C3)nc(-c3ccc4c5ccccc5c5ccccc5c4c3)n2)=C1. The summed E-state index contributed by atoms with van der Waals surface area (Å²) in [5.74, 6) is 1.49. The molecule has 3 aliphatic carbocycles. The van der Waals surface area contributed by atoms with Crippen molar-refractivity contribution in [1.82, 2.24) is 15.0 Å². The van der Waals surface area contributed by atoms with E-state index in [2.05, 4.69) is 151 Å². The number of hydrogen-bond donors (Lipinski definition) is 0. The van der Waals surface area contributed by atoms with E-state index in [1.54, 1.807) is 0 Å². The van der Waals surface area contributed by atoms with Crippen LogP contribution >= 0.6 is 0 Å². The molecule has 5 aromatic carbocycles. The van der Waals surface area contributed by atoms with Gasteiger partial charge in [0.15, 0.2) is 5.82 Å². The normalized spacial score (nSPS) is 21.1. The second-order valence-corrected chi connectivity index (χ2v) is 13.6. The van der Waals surface area contributed by atoms with Crippen molar-refractivity contribution >= 4 is 43.5 Å². The maximum Gasteiger partial charge on any atom is 0.160 e. The fourth-order valence-corrected chi connectivity index (χ4v) is 8.28. The number of fused-ring (bicyclic) bond motifs is 7. The van der Waals surface area contributed by atoms with Crippen LogP contribution < -0.4 is 0 Å². The lowest BCUT2D eigenvalue weighted by Crippen LogP contribution is -2.11. The average molecular weight is 628 g/mol. The highest BCUT2D eigenvalue weighted by molar-refractivity contribution is 6.25. The van der Waals surface area contributed by atoms with E-state index in [9.17, 15) is 0 Å². The number of aromatic nitrogens is 3. The maximum absolute atomic E-state index is 5.36. The molecule has 0 aliphatic heterocycles. The lowest BCUT2D eigenvalue weighted by molar-refractivity contribution is 0.817. The molecule has 3 atom stereocenters. The molecule has 3 nitrogen and oxygen atoms in total. The second-order valence-electron chi connectivity index (χ2n) is 13.6. The fourth-order valence-electron chi connectivity index (χ4n) is 8.28. The Morgan fingerprint density at radius 2 is 1.37 bits per heavy atom. The topological polar surface area (TPSA) is 38.7 Å². The molecule has 1 saturated carbocycles. The Morgan fingerprint density at radius 3 is 2.08 bits per heavy atom. The van der Waals surface area contributed by atoms with Gasteiger partial charge in [-0.05, 0) is 85.6 Å². The molecular weight excluding hydrogens is 595 g/mol. The molecule has 3 aliphatic rings. The molecule has 7 aromatic rings. The first-order chi connectivity index (χ1) is 24.2. The molecule has 49 heavy (non-hydrogen) atoms. The number of rotatable bonds is 5. The number of pyridine rings is 1.